The molecule has 49 heavy (non-hydrogen) atoms. The van der Waals surface area contributed by atoms with Crippen LogP contribution in [0.15, 0.2) is 91.0 Å². The molecule has 0 fully saturated rings. The Labute approximate surface area is 295 Å². The van der Waals surface area contributed by atoms with Gasteiger partial charge in [-0.05, 0) is 91.4 Å². The van der Waals surface area contributed by atoms with Gasteiger partial charge in [0.05, 0.1) is 28.5 Å². The van der Waals surface area contributed by atoms with Crippen molar-refractivity contribution in [2.24, 2.45) is 0 Å². The summed E-state index contributed by atoms with van der Waals surface area (Å²) >= 11 is 0. The molecule has 3 nitrogen and oxygen atoms in total. The predicted octanol–water partition coefficient (Wildman–Crippen LogP) is 13.3. The van der Waals surface area contributed by atoms with E-state index in [9.17, 15) is 0 Å². The van der Waals surface area contributed by atoms with Gasteiger partial charge in [0.2, 0.25) is 0 Å². The highest BCUT2D eigenvalue weighted by atomic mass is 14.8. The summed E-state index contributed by atoms with van der Waals surface area (Å²) in [5, 5.41) is 0. The molecule has 0 radical (unpaired) electrons. The van der Waals surface area contributed by atoms with Gasteiger partial charge in [-0.3, -0.25) is 4.98 Å². The molecule has 6 rings (SSSR count). The highest BCUT2D eigenvalue weighted by Gasteiger charge is 2.42. The zero-order valence-electron chi connectivity index (χ0n) is 30.4. The van der Waals surface area contributed by atoms with Gasteiger partial charge in [-0.15, -0.1) is 0 Å². The van der Waals surface area contributed by atoms with Crippen molar-refractivity contribution in [3.63, 3.8) is 0 Å². The molecule has 2 aromatic carbocycles. The van der Waals surface area contributed by atoms with E-state index in [2.05, 4.69) is 87.5 Å². The Morgan fingerprint density at radius 2 is 0.918 bits per heavy atom. The molecule has 0 bridgehead atoms. The van der Waals surface area contributed by atoms with Gasteiger partial charge in [0, 0.05) is 16.7 Å². The van der Waals surface area contributed by atoms with Crippen LogP contribution in [0, 0.1) is 13.8 Å². The molecule has 254 valence electrons. The molecule has 0 spiro atoms. The second-order valence-corrected chi connectivity index (χ2v) is 14.4. The normalized spacial score (nSPS) is 13.0. The Kier molecular flexibility index (Phi) is 11.7. The largest absolute Gasteiger partial charge is 0.251 e. The van der Waals surface area contributed by atoms with Gasteiger partial charge in [0.1, 0.15) is 0 Å². The lowest BCUT2D eigenvalue weighted by molar-refractivity contribution is 0.398. The quantitative estimate of drug-likeness (QED) is 0.0941. The van der Waals surface area contributed by atoms with Crippen molar-refractivity contribution in [1.29, 1.82) is 0 Å². The van der Waals surface area contributed by atoms with E-state index in [1.165, 1.54) is 118 Å². The molecule has 0 saturated carbocycles. The number of pyridine rings is 3. The van der Waals surface area contributed by atoms with Crippen LogP contribution < -0.4 is 0 Å². The molecule has 0 amide bonds. The maximum absolute atomic E-state index is 5.23. The number of aromatic nitrogens is 3. The monoisotopic (exact) mass is 649 g/mol. The van der Waals surface area contributed by atoms with Crippen molar-refractivity contribution in [2.45, 2.75) is 123 Å². The molecule has 0 aliphatic heterocycles. The summed E-state index contributed by atoms with van der Waals surface area (Å²) < 4.78 is 0. The summed E-state index contributed by atoms with van der Waals surface area (Å²) in [6.07, 6.45) is 18.4. The Bertz CT molecular complexity index is 1820. The number of rotatable bonds is 17. The van der Waals surface area contributed by atoms with Crippen LogP contribution in [0.1, 0.15) is 126 Å². The van der Waals surface area contributed by atoms with Crippen LogP contribution in [0.25, 0.3) is 45.2 Å². The fourth-order valence-corrected chi connectivity index (χ4v) is 7.99. The van der Waals surface area contributed by atoms with Gasteiger partial charge in [-0.1, -0.05) is 145 Å². The summed E-state index contributed by atoms with van der Waals surface area (Å²) in [6, 6.07) is 33.0. The molecule has 1 aliphatic carbocycles. The van der Waals surface area contributed by atoms with Crippen molar-refractivity contribution in [3.8, 4) is 45.2 Å². The minimum Gasteiger partial charge on any atom is -0.251 e. The summed E-state index contributed by atoms with van der Waals surface area (Å²) in [7, 11) is 0. The number of fused-ring (bicyclic) bond motifs is 3. The minimum absolute atomic E-state index is 0.0521. The van der Waals surface area contributed by atoms with E-state index in [4.69, 9.17) is 15.0 Å². The third-order valence-corrected chi connectivity index (χ3v) is 10.6. The predicted molar refractivity (Wildman–Crippen MR) is 208 cm³/mol. The van der Waals surface area contributed by atoms with E-state index < -0.39 is 0 Å². The summed E-state index contributed by atoms with van der Waals surface area (Å²) in [6.45, 7) is 8.90. The van der Waals surface area contributed by atoms with Gasteiger partial charge in [-0.2, -0.15) is 0 Å². The molecule has 3 heterocycles. The zero-order valence-corrected chi connectivity index (χ0v) is 30.4. The van der Waals surface area contributed by atoms with Crippen LogP contribution in [-0.4, -0.2) is 15.0 Å². The fourth-order valence-electron chi connectivity index (χ4n) is 7.99. The van der Waals surface area contributed by atoms with E-state index >= 15 is 0 Å². The first kappa shape index (κ1) is 34.7. The molecule has 0 atom stereocenters. The minimum atomic E-state index is 0.0521. The molecule has 3 aromatic heterocycles. The van der Waals surface area contributed by atoms with Crippen molar-refractivity contribution in [3.05, 3.63) is 113 Å². The Morgan fingerprint density at radius 3 is 1.51 bits per heavy atom. The highest BCUT2D eigenvalue weighted by Crippen LogP contribution is 2.55. The van der Waals surface area contributed by atoms with Crippen LogP contribution in [0.5, 0.6) is 0 Å². The van der Waals surface area contributed by atoms with E-state index in [0.717, 1.165) is 34.2 Å². The third kappa shape index (κ3) is 8.04. The molecular weight excluding hydrogens is 595 g/mol. The average molecular weight is 650 g/mol. The zero-order chi connectivity index (χ0) is 34.1. The van der Waals surface area contributed by atoms with Crippen LogP contribution in [0.2, 0.25) is 0 Å². The maximum Gasteiger partial charge on any atom is 0.0894 e. The lowest BCUT2D eigenvalue weighted by Gasteiger charge is -2.33. The van der Waals surface area contributed by atoms with Crippen molar-refractivity contribution < 1.29 is 0 Å². The maximum atomic E-state index is 5.23. The lowest BCUT2D eigenvalue weighted by atomic mass is 9.70. The number of aryl methyl sites for hydroxylation is 2. The van der Waals surface area contributed by atoms with Crippen LogP contribution in [-0.2, 0) is 5.41 Å². The van der Waals surface area contributed by atoms with E-state index in [0.29, 0.717) is 0 Å². The molecule has 1 aliphatic rings. The van der Waals surface area contributed by atoms with E-state index in [-0.39, 0.29) is 5.41 Å². The van der Waals surface area contributed by atoms with Crippen molar-refractivity contribution >= 4 is 0 Å². The van der Waals surface area contributed by atoms with Gasteiger partial charge in [0.25, 0.3) is 0 Å². The second kappa shape index (κ2) is 16.5. The number of hydrogen-bond donors (Lipinski definition) is 0. The van der Waals surface area contributed by atoms with E-state index in [1.807, 2.05) is 31.2 Å². The SMILES string of the molecule is CCCCCCCCC1(CCCCCCCC)c2cc(C)ccc2-c2ccc(-c3cccc(-c4cccc(-c5cccc(C)n5)n4)n3)cc21. The number of nitrogens with zero attached hydrogens (tertiary/aromatic N) is 3. The van der Waals surface area contributed by atoms with Gasteiger partial charge < -0.3 is 0 Å². The van der Waals surface area contributed by atoms with Crippen LogP contribution in [0.3, 0.4) is 0 Å². The van der Waals surface area contributed by atoms with Crippen molar-refractivity contribution in [2.75, 3.05) is 0 Å². The fraction of sp³-hybridized carbons (Fsp3) is 0.413. The molecule has 3 heteroatoms. The highest BCUT2D eigenvalue weighted by molar-refractivity contribution is 5.84. The van der Waals surface area contributed by atoms with Crippen molar-refractivity contribution in [1.82, 2.24) is 15.0 Å². The topological polar surface area (TPSA) is 38.7 Å². The Balaban J connectivity index is 1.35. The van der Waals surface area contributed by atoms with Gasteiger partial charge >= 0.3 is 0 Å². The van der Waals surface area contributed by atoms with E-state index in [1.54, 1.807) is 5.56 Å². The summed E-state index contributed by atoms with van der Waals surface area (Å²) in [5.74, 6) is 0. The van der Waals surface area contributed by atoms with Gasteiger partial charge in [0.15, 0.2) is 0 Å². The number of benzene rings is 2. The first-order valence-corrected chi connectivity index (χ1v) is 19.2. The average Bonchev–Trinajstić information content (AvgIpc) is 3.39. The Hall–Kier alpha value is -4.11. The molecule has 0 N–H and O–H groups in total. The molecule has 0 unspecified atom stereocenters. The third-order valence-electron chi connectivity index (χ3n) is 10.6. The first-order chi connectivity index (χ1) is 24.0. The second-order valence-electron chi connectivity index (χ2n) is 14.4. The Morgan fingerprint density at radius 1 is 0.449 bits per heavy atom. The molecule has 0 saturated heterocycles. The van der Waals surface area contributed by atoms with Gasteiger partial charge in [-0.25, -0.2) is 9.97 Å². The lowest BCUT2D eigenvalue weighted by Crippen LogP contribution is -2.25. The number of hydrogen-bond acceptors (Lipinski definition) is 3. The standard InChI is InChI=1S/C46H55N3/c1-5-7-9-11-13-15-30-46(31-16-14-12-10-8-6-2)39-32-34(3)26-28-37(39)38-29-27-36(33-40(38)46)41-21-18-23-44(48-41)45-25-19-24-43(49-45)42-22-17-20-35(4)47-42/h17-29,32-33H,5-16,30-31H2,1-4H3. The smallest absolute Gasteiger partial charge is 0.0894 e. The first-order valence-electron chi connectivity index (χ1n) is 19.2. The van der Waals surface area contributed by atoms with Crippen LogP contribution >= 0.6 is 0 Å². The van der Waals surface area contributed by atoms with Crippen LogP contribution in [0.4, 0.5) is 0 Å². The summed E-state index contributed by atoms with van der Waals surface area (Å²) in [4.78, 5) is 14.9. The summed E-state index contributed by atoms with van der Waals surface area (Å²) in [5.41, 5.74) is 14.1. The molecular formula is C46H55N3. The molecule has 5 aromatic rings. The number of unbranched alkanes of at least 4 members (excludes halogenated alkanes) is 10.